The van der Waals surface area contributed by atoms with Crippen molar-refractivity contribution in [3.63, 3.8) is 0 Å². The fraction of sp³-hybridized carbons (Fsp3) is 0.562. The van der Waals surface area contributed by atoms with E-state index >= 15 is 0 Å². The summed E-state index contributed by atoms with van der Waals surface area (Å²) in [4.78, 5) is 6.38. The molecule has 1 atom stereocenters. The van der Waals surface area contributed by atoms with Crippen LogP contribution in [0, 0.1) is 0 Å². The van der Waals surface area contributed by atoms with Crippen LogP contribution in [0.5, 0.6) is 0 Å². The molecule has 2 heterocycles. The number of hydrogen-bond donors (Lipinski definition) is 0. The maximum atomic E-state index is 13.4. The number of hydrogen-bond acceptors (Lipinski definition) is 3. The highest BCUT2D eigenvalue weighted by Gasteiger charge is 2.21. The first kappa shape index (κ1) is 15.4. The van der Waals surface area contributed by atoms with Gasteiger partial charge in [0.2, 0.25) is 0 Å². The van der Waals surface area contributed by atoms with E-state index in [0.717, 1.165) is 30.6 Å². The van der Waals surface area contributed by atoms with E-state index in [2.05, 4.69) is 4.98 Å². The van der Waals surface area contributed by atoms with Crippen LogP contribution in [0.3, 0.4) is 0 Å². The summed E-state index contributed by atoms with van der Waals surface area (Å²) in [5.41, 5.74) is 1.09. The molecule has 1 aliphatic rings. The standard InChI is InChI=1S/C16H21F2N3O/c1-20(10-12-6-4-5-9-22-12)11-15-19-13-7-2-3-8-14(13)21(15)16(17)18/h2-3,7-8,12,16H,4-6,9-11H2,1H3. The van der Waals surface area contributed by atoms with E-state index in [1.807, 2.05) is 18.0 Å². The van der Waals surface area contributed by atoms with Gasteiger partial charge in [-0.1, -0.05) is 12.1 Å². The fourth-order valence-corrected chi connectivity index (χ4v) is 3.03. The van der Waals surface area contributed by atoms with Gasteiger partial charge in [0.15, 0.2) is 0 Å². The minimum atomic E-state index is -2.58. The van der Waals surface area contributed by atoms with Crippen LogP contribution in [0.25, 0.3) is 11.0 Å². The molecule has 1 aromatic carbocycles. The molecule has 2 aromatic rings. The minimum Gasteiger partial charge on any atom is -0.377 e. The summed E-state index contributed by atoms with van der Waals surface area (Å²) < 4.78 is 33.5. The van der Waals surface area contributed by atoms with Gasteiger partial charge in [-0.15, -0.1) is 0 Å². The van der Waals surface area contributed by atoms with Crippen molar-refractivity contribution in [1.82, 2.24) is 14.5 Å². The quantitative estimate of drug-likeness (QED) is 0.847. The molecule has 0 bridgehead atoms. The molecule has 1 saturated heterocycles. The zero-order valence-electron chi connectivity index (χ0n) is 12.7. The number of alkyl halides is 2. The van der Waals surface area contributed by atoms with E-state index in [1.54, 1.807) is 18.2 Å². The van der Waals surface area contributed by atoms with E-state index in [-0.39, 0.29) is 6.10 Å². The van der Waals surface area contributed by atoms with Gasteiger partial charge in [0.1, 0.15) is 5.82 Å². The molecule has 0 N–H and O–H groups in total. The lowest BCUT2D eigenvalue weighted by Crippen LogP contribution is -2.33. The Labute approximate surface area is 128 Å². The van der Waals surface area contributed by atoms with Gasteiger partial charge in [-0.25, -0.2) is 4.98 Å². The molecule has 1 aliphatic heterocycles. The van der Waals surface area contributed by atoms with Crippen LogP contribution in [-0.2, 0) is 11.3 Å². The molecular weight excluding hydrogens is 288 g/mol. The van der Waals surface area contributed by atoms with Crippen molar-refractivity contribution in [1.29, 1.82) is 0 Å². The van der Waals surface area contributed by atoms with E-state index in [4.69, 9.17) is 4.74 Å². The van der Waals surface area contributed by atoms with E-state index in [1.165, 1.54) is 6.42 Å². The zero-order chi connectivity index (χ0) is 15.5. The predicted molar refractivity (Wildman–Crippen MR) is 80.9 cm³/mol. The number of likely N-dealkylation sites (N-methyl/N-ethyl adjacent to an activating group) is 1. The number of nitrogens with zero attached hydrogens (tertiary/aromatic N) is 3. The Bertz CT molecular complexity index is 623. The lowest BCUT2D eigenvalue weighted by atomic mass is 10.1. The van der Waals surface area contributed by atoms with Crippen LogP contribution in [0.15, 0.2) is 24.3 Å². The van der Waals surface area contributed by atoms with Crippen molar-refractivity contribution in [2.45, 2.75) is 38.5 Å². The van der Waals surface area contributed by atoms with Crippen molar-refractivity contribution in [2.75, 3.05) is 20.2 Å². The zero-order valence-corrected chi connectivity index (χ0v) is 12.7. The Morgan fingerprint density at radius 3 is 2.91 bits per heavy atom. The molecule has 0 amide bonds. The van der Waals surface area contributed by atoms with Crippen molar-refractivity contribution in [3.8, 4) is 0 Å². The molecule has 1 fully saturated rings. The van der Waals surface area contributed by atoms with Gasteiger partial charge in [-0.05, 0) is 38.4 Å². The molecule has 6 heteroatoms. The summed E-state index contributed by atoms with van der Waals surface area (Å²) >= 11 is 0. The molecule has 0 saturated carbocycles. The monoisotopic (exact) mass is 309 g/mol. The molecule has 0 spiro atoms. The molecule has 4 nitrogen and oxygen atoms in total. The van der Waals surface area contributed by atoms with Crippen LogP contribution in [0.4, 0.5) is 8.78 Å². The maximum Gasteiger partial charge on any atom is 0.320 e. The molecule has 3 rings (SSSR count). The maximum absolute atomic E-state index is 13.4. The summed E-state index contributed by atoms with van der Waals surface area (Å²) in [5, 5.41) is 0. The average molecular weight is 309 g/mol. The topological polar surface area (TPSA) is 30.3 Å². The van der Waals surface area contributed by atoms with Gasteiger partial charge < -0.3 is 4.74 Å². The number of rotatable bonds is 5. The minimum absolute atomic E-state index is 0.197. The Morgan fingerprint density at radius 2 is 2.18 bits per heavy atom. The summed E-state index contributed by atoms with van der Waals surface area (Å²) in [5.74, 6) is 0.398. The molecule has 22 heavy (non-hydrogen) atoms. The second-order valence-corrected chi connectivity index (χ2v) is 5.85. The second-order valence-electron chi connectivity index (χ2n) is 5.85. The largest absolute Gasteiger partial charge is 0.377 e. The fourth-order valence-electron chi connectivity index (χ4n) is 3.03. The third-order valence-electron chi connectivity index (χ3n) is 4.06. The number of benzene rings is 1. The highest BCUT2D eigenvalue weighted by atomic mass is 19.3. The normalized spacial score (nSPS) is 19.4. The molecule has 0 radical (unpaired) electrons. The van der Waals surface area contributed by atoms with Crippen LogP contribution in [0.2, 0.25) is 0 Å². The van der Waals surface area contributed by atoms with Crippen molar-refractivity contribution < 1.29 is 13.5 Å². The molecule has 0 aliphatic carbocycles. The first-order chi connectivity index (χ1) is 10.6. The molecular formula is C16H21F2N3O. The van der Waals surface area contributed by atoms with Gasteiger partial charge in [-0.2, -0.15) is 8.78 Å². The number of aromatic nitrogens is 2. The average Bonchev–Trinajstić information content (AvgIpc) is 2.85. The van der Waals surface area contributed by atoms with E-state index < -0.39 is 6.55 Å². The number of ether oxygens (including phenoxy) is 1. The Kier molecular flexibility index (Phi) is 4.69. The molecule has 1 unspecified atom stereocenters. The van der Waals surface area contributed by atoms with Gasteiger partial charge in [0.25, 0.3) is 0 Å². The van der Waals surface area contributed by atoms with E-state index in [9.17, 15) is 8.78 Å². The Balaban J connectivity index is 1.76. The van der Waals surface area contributed by atoms with Gasteiger partial charge in [-0.3, -0.25) is 9.47 Å². The molecule has 1 aromatic heterocycles. The Hall–Kier alpha value is -1.53. The van der Waals surface area contributed by atoms with Gasteiger partial charge >= 0.3 is 6.55 Å². The van der Waals surface area contributed by atoms with Crippen LogP contribution in [0.1, 0.15) is 31.6 Å². The lowest BCUT2D eigenvalue weighted by molar-refractivity contribution is -0.00378. The summed E-state index contributed by atoms with van der Waals surface area (Å²) in [6.45, 7) is -0.652. The third kappa shape index (κ3) is 3.28. The Morgan fingerprint density at radius 1 is 1.36 bits per heavy atom. The van der Waals surface area contributed by atoms with Crippen LogP contribution >= 0.6 is 0 Å². The number of imidazole rings is 1. The van der Waals surface area contributed by atoms with Crippen LogP contribution in [-0.4, -0.2) is 40.8 Å². The van der Waals surface area contributed by atoms with Gasteiger partial charge in [0, 0.05) is 13.2 Å². The SMILES string of the molecule is CN(Cc1nc2ccccc2n1C(F)F)CC1CCCCO1. The van der Waals surface area contributed by atoms with Crippen LogP contribution < -0.4 is 0 Å². The first-order valence-corrected chi connectivity index (χ1v) is 7.69. The number of fused-ring (bicyclic) bond motifs is 1. The summed E-state index contributed by atoms with van der Waals surface area (Å²) in [6, 6.07) is 7.02. The van der Waals surface area contributed by atoms with Crippen molar-refractivity contribution >= 4 is 11.0 Å². The number of halogens is 2. The second kappa shape index (κ2) is 6.71. The highest BCUT2D eigenvalue weighted by Crippen LogP contribution is 2.24. The lowest BCUT2D eigenvalue weighted by Gasteiger charge is -2.27. The predicted octanol–water partition coefficient (Wildman–Crippen LogP) is 3.43. The first-order valence-electron chi connectivity index (χ1n) is 7.69. The smallest absolute Gasteiger partial charge is 0.320 e. The number of para-hydroxylation sites is 2. The summed E-state index contributed by atoms with van der Waals surface area (Å²) in [7, 11) is 1.92. The summed E-state index contributed by atoms with van der Waals surface area (Å²) in [6.07, 6.45) is 3.52. The van der Waals surface area contributed by atoms with Gasteiger partial charge in [0.05, 0.1) is 23.7 Å². The third-order valence-corrected chi connectivity index (χ3v) is 4.06. The van der Waals surface area contributed by atoms with E-state index in [0.29, 0.717) is 23.4 Å². The van der Waals surface area contributed by atoms with Crippen molar-refractivity contribution in [3.05, 3.63) is 30.1 Å². The highest BCUT2D eigenvalue weighted by molar-refractivity contribution is 5.75. The van der Waals surface area contributed by atoms with Crippen molar-refractivity contribution in [2.24, 2.45) is 0 Å². The molecule has 120 valence electrons.